The van der Waals surface area contributed by atoms with E-state index in [1.54, 1.807) is 12.1 Å². The summed E-state index contributed by atoms with van der Waals surface area (Å²) in [5, 5.41) is 0. The summed E-state index contributed by atoms with van der Waals surface area (Å²) in [6.45, 7) is 0.864. The molecule has 2 nitrogen and oxygen atoms in total. The van der Waals surface area contributed by atoms with Gasteiger partial charge in [-0.25, -0.2) is 4.39 Å². The second-order valence-corrected chi connectivity index (χ2v) is 6.10. The highest BCUT2D eigenvalue weighted by molar-refractivity contribution is 5.81. The van der Waals surface area contributed by atoms with Crippen molar-refractivity contribution < 1.29 is 9.18 Å². The Kier molecular flexibility index (Phi) is 4.04. The van der Waals surface area contributed by atoms with Crippen LogP contribution < -0.4 is 0 Å². The van der Waals surface area contributed by atoms with Gasteiger partial charge < -0.3 is 4.90 Å². The Bertz CT molecular complexity index is 482. The van der Waals surface area contributed by atoms with Gasteiger partial charge >= 0.3 is 0 Å². The molecule has 1 atom stereocenters. The number of likely N-dealkylation sites (tertiary alicyclic amines) is 1. The van der Waals surface area contributed by atoms with Crippen molar-refractivity contribution in [3.63, 3.8) is 0 Å². The van der Waals surface area contributed by atoms with Crippen molar-refractivity contribution in [1.82, 2.24) is 4.90 Å². The summed E-state index contributed by atoms with van der Waals surface area (Å²) in [5.74, 6) is 0.0467. The molecule has 2 aliphatic rings. The van der Waals surface area contributed by atoms with E-state index in [2.05, 4.69) is 4.90 Å². The number of halogens is 1. The Morgan fingerprint density at radius 2 is 1.85 bits per heavy atom. The average Bonchev–Trinajstić information content (AvgIpc) is 2.84. The summed E-state index contributed by atoms with van der Waals surface area (Å²) >= 11 is 0. The summed E-state index contributed by atoms with van der Waals surface area (Å²) in [5.41, 5.74) is 0.677. The number of nitrogens with zero attached hydrogens (tertiary/aromatic N) is 1. The molecule has 1 aromatic carbocycles. The molecule has 0 spiro atoms. The zero-order chi connectivity index (χ0) is 13.9. The number of hydrogen-bond acceptors (Lipinski definition) is 1. The first-order valence-corrected chi connectivity index (χ1v) is 7.79. The molecule has 1 amide bonds. The summed E-state index contributed by atoms with van der Waals surface area (Å²) < 4.78 is 13.7. The van der Waals surface area contributed by atoms with Crippen molar-refractivity contribution in [3.8, 4) is 0 Å². The van der Waals surface area contributed by atoms with Crippen LogP contribution in [0.4, 0.5) is 4.39 Å². The van der Waals surface area contributed by atoms with Gasteiger partial charge in [0.05, 0.1) is 0 Å². The number of carbonyl (C=O) groups excluding carboxylic acids is 1. The van der Waals surface area contributed by atoms with Crippen LogP contribution in [-0.2, 0) is 11.2 Å². The van der Waals surface area contributed by atoms with E-state index in [1.807, 2.05) is 6.07 Å². The maximum atomic E-state index is 13.7. The van der Waals surface area contributed by atoms with Crippen LogP contribution in [-0.4, -0.2) is 23.4 Å². The summed E-state index contributed by atoms with van der Waals surface area (Å²) in [6, 6.07) is 7.27. The van der Waals surface area contributed by atoms with Crippen molar-refractivity contribution >= 4 is 5.91 Å². The molecule has 1 saturated carbocycles. The number of hydrogen-bond donors (Lipinski definition) is 0. The number of amides is 1. The molecule has 0 N–H and O–H groups in total. The lowest BCUT2D eigenvalue weighted by Crippen LogP contribution is -2.39. The summed E-state index contributed by atoms with van der Waals surface area (Å²) in [7, 11) is 0. The Hall–Kier alpha value is -1.38. The molecule has 0 bridgehead atoms. The Balaban J connectivity index is 1.65. The maximum absolute atomic E-state index is 13.7. The van der Waals surface area contributed by atoms with Crippen LogP contribution in [0.2, 0.25) is 0 Å². The van der Waals surface area contributed by atoms with Crippen LogP contribution in [0, 0.1) is 11.7 Å². The molecule has 0 radical (unpaired) electrons. The van der Waals surface area contributed by atoms with Gasteiger partial charge in [-0.05, 0) is 37.3 Å². The molecule has 108 valence electrons. The van der Waals surface area contributed by atoms with E-state index in [1.165, 1.54) is 25.3 Å². The van der Waals surface area contributed by atoms with E-state index in [9.17, 15) is 9.18 Å². The molecular weight excluding hydrogens is 253 g/mol. The minimum atomic E-state index is -0.184. The molecule has 1 unspecified atom stereocenters. The molecular formula is C17H22FNO. The largest absolute Gasteiger partial charge is 0.339 e. The van der Waals surface area contributed by atoms with Crippen molar-refractivity contribution in [2.24, 2.45) is 5.92 Å². The van der Waals surface area contributed by atoms with E-state index in [0.29, 0.717) is 18.0 Å². The van der Waals surface area contributed by atoms with Gasteiger partial charge in [-0.2, -0.15) is 0 Å². The van der Waals surface area contributed by atoms with Gasteiger partial charge in [0.2, 0.25) is 5.91 Å². The highest BCUT2D eigenvalue weighted by Crippen LogP contribution is 2.30. The van der Waals surface area contributed by atoms with Gasteiger partial charge in [0.1, 0.15) is 5.82 Å². The highest BCUT2D eigenvalue weighted by atomic mass is 19.1. The smallest absolute Gasteiger partial charge is 0.226 e. The molecule has 1 aliphatic carbocycles. The van der Waals surface area contributed by atoms with Gasteiger partial charge in [0, 0.05) is 18.5 Å². The van der Waals surface area contributed by atoms with Gasteiger partial charge in [-0.3, -0.25) is 4.79 Å². The lowest BCUT2D eigenvalue weighted by atomic mass is 9.94. The molecule has 0 aromatic heterocycles. The molecule has 3 rings (SSSR count). The SMILES string of the molecule is O=C1C(Cc2ccccc2F)CCN1C1CCCCC1. The predicted molar refractivity (Wildman–Crippen MR) is 76.8 cm³/mol. The first-order valence-electron chi connectivity index (χ1n) is 7.79. The quantitative estimate of drug-likeness (QED) is 0.826. The monoisotopic (exact) mass is 275 g/mol. The normalized spacial score (nSPS) is 24.4. The van der Waals surface area contributed by atoms with Crippen LogP contribution in [0.3, 0.4) is 0 Å². The van der Waals surface area contributed by atoms with Crippen LogP contribution >= 0.6 is 0 Å². The summed E-state index contributed by atoms with van der Waals surface area (Å²) in [4.78, 5) is 14.6. The standard InChI is InChI=1S/C17H22FNO/c18-16-9-5-4-6-13(16)12-14-10-11-19(17(14)20)15-7-2-1-3-8-15/h4-6,9,14-15H,1-3,7-8,10-12H2. The second kappa shape index (κ2) is 5.94. The second-order valence-electron chi connectivity index (χ2n) is 6.10. The zero-order valence-corrected chi connectivity index (χ0v) is 11.9. The molecule has 2 fully saturated rings. The van der Waals surface area contributed by atoms with Crippen molar-refractivity contribution in [2.75, 3.05) is 6.54 Å². The van der Waals surface area contributed by atoms with E-state index in [0.717, 1.165) is 25.8 Å². The highest BCUT2D eigenvalue weighted by Gasteiger charge is 2.36. The molecule has 3 heteroatoms. The fraction of sp³-hybridized carbons (Fsp3) is 0.588. The Labute approximate surface area is 120 Å². The van der Waals surface area contributed by atoms with Crippen LogP contribution in [0.25, 0.3) is 0 Å². The fourth-order valence-corrected chi connectivity index (χ4v) is 3.64. The van der Waals surface area contributed by atoms with Crippen LogP contribution in [0.5, 0.6) is 0 Å². The van der Waals surface area contributed by atoms with E-state index in [4.69, 9.17) is 0 Å². The van der Waals surface area contributed by atoms with E-state index in [-0.39, 0.29) is 17.6 Å². The molecule has 1 aromatic rings. The third kappa shape index (κ3) is 2.72. The van der Waals surface area contributed by atoms with E-state index < -0.39 is 0 Å². The first-order chi connectivity index (χ1) is 9.75. The molecule has 1 saturated heterocycles. The van der Waals surface area contributed by atoms with E-state index >= 15 is 0 Å². The van der Waals surface area contributed by atoms with Crippen LogP contribution in [0.15, 0.2) is 24.3 Å². The van der Waals surface area contributed by atoms with Crippen molar-refractivity contribution in [3.05, 3.63) is 35.6 Å². The average molecular weight is 275 g/mol. The third-order valence-corrected chi connectivity index (χ3v) is 4.79. The number of benzene rings is 1. The van der Waals surface area contributed by atoms with Gasteiger partial charge in [0.15, 0.2) is 0 Å². The van der Waals surface area contributed by atoms with Crippen molar-refractivity contribution in [2.45, 2.75) is 51.0 Å². The molecule has 1 aliphatic heterocycles. The van der Waals surface area contributed by atoms with Gasteiger partial charge in [-0.15, -0.1) is 0 Å². The predicted octanol–water partition coefficient (Wildman–Crippen LogP) is 3.55. The fourth-order valence-electron chi connectivity index (χ4n) is 3.64. The third-order valence-electron chi connectivity index (χ3n) is 4.79. The first kappa shape index (κ1) is 13.6. The molecule has 20 heavy (non-hydrogen) atoms. The lowest BCUT2D eigenvalue weighted by Gasteiger charge is -2.31. The minimum absolute atomic E-state index is 0.0196. The number of carbonyl (C=O) groups is 1. The van der Waals surface area contributed by atoms with Crippen LogP contribution in [0.1, 0.15) is 44.1 Å². The Morgan fingerprint density at radius 3 is 2.60 bits per heavy atom. The van der Waals surface area contributed by atoms with Gasteiger partial charge in [-0.1, -0.05) is 37.5 Å². The van der Waals surface area contributed by atoms with Gasteiger partial charge in [0.25, 0.3) is 0 Å². The zero-order valence-electron chi connectivity index (χ0n) is 11.9. The number of rotatable bonds is 3. The topological polar surface area (TPSA) is 20.3 Å². The Morgan fingerprint density at radius 1 is 1.10 bits per heavy atom. The van der Waals surface area contributed by atoms with Crippen molar-refractivity contribution in [1.29, 1.82) is 0 Å². The summed E-state index contributed by atoms with van der Waals surface area (Å²) in [6.07, 6.45) is 7.52. The minimum Gasteiger partial charge on any atom is -0.339 e. The molecule has 1 heterocycles. The maximum Gasteiger partial charge on any atom is 0.226 e. The lowest BCUT2D eigenvalue weighted by molar-refractivity contribution is -0.133.